The molecule has 2 rings (SSSR count). The maximum atomic E-state index is 11.6. The maximum absolute atomic E-state index is 11.6. The third-order valence-electron chi connectivity index (χ3n) is 2.55. The first kappa shape index (κ1) is 15.7. The van der Waals surface area contributed by atoms with E-state index < -0.39 is 6.09 Å². The Morgan fingerprint density at radius 2 is 1.68 bits per heavy atom. The lowest BCUT2D eigenvalue weighted by Crippen LogP contribution is -2.42. The molecule has 0 atom stereocenters. The SMILES string of the molecule is COc1ncc(-c2ccc(OC(=O)NC(C)(C)C)nc2)cn1. The van der Waals surface area contributed by atoms with Gasteiger partial charge in [-0.2, -0.15) is 0 Å². The van der Waals surface area contributed by atoms with E-state index >= 15 is 0 Å². The van der Waals surface area contributed by atoms with Crippen molar-refractivity contribution < 1.29 is 14.3 Å². The highest BCUT2D eigenvalue weighted by molar-refractivity contribution is 5.71. The highest BCUT2D eigenvalue weighted by Gasteiger charge is 2.15. The summed E-state index contributed by atoms with van der Waals surface area (Å²) in [5, 5.41) is 2.69. The van der Waals surface area contributed by atoms with Crippen molar-refractivity contribution in [2.45, 2.75) is 26.3 Å². The maximum Gasteiger partial charge on any atom is 0.414 e. The summed E-state index contributed by atoms with van der Waals surface area (Å²) in [4.78, 5) is 23.8. The van der Waals surface area contributed by atoms with Crippen molar-refractivity contribution in [3.8, 4) is 23.0 Å². The van der Waals surface area contributed by atoms with Gasteiger partial charge in [0, 0.05) is 41.3 Å². The fourth-order valence-corrected chi connectivity index (χ4v) is 1.61. The molecule has 7 nitrogen and oxygen atoms in total. The van der Waals surface area contributed by atoms with Gasteiger partial charge in [0.1, 0.15) is 0 Å². The summed E-state index contributed by atoms with van der Waals surface area (Å²) in [6, 6.07) is 3.69. The molecule has 7 heteroatoms. The first-order valence-corrected chi connectivity index (χ1v) is 6.70. The van der Waals surface area contributed by atoms with Gasteiger partial charge in [0.05, 0.1) is 7.11 Å². The molecule has 0 saturated heterocycles. The number of nitrogens with one attached hydrogen (secondary N) is 1. The van der Waals surface area contributed by atoms with E-state index in [0.717, 1.165) is 11.1 Å². The van der Waals surface area contributed by atoms with Crippen LogP contribution in [-0.2, 0) is 0 Å². The van der Waals surface area contributed by atoms with Crippen molar-refractivity contribution in [1.82, 2.24) is 20.3 Å². The van der Waals surface area contributed by atoms with Crippen LogP contribution in [0.25, 0.3) is 11.1 Å². The van der Waals surface area contributed by atoms with E-state index in [1.54, 1.807) is 30.7 Å². The number of amides is 1. The number of methoxy groups -OCH3 is 1. The Bertz CT molecular complexity index is 633. The molecule has 2 aromatic rings. The number of hydrogen-bond donors (Lipinski definition) is 1. The van der Waals surface area contributed by atoms with Gasteiger partial charge in [0.15, 0.2) is 0 Å². The molecule has 116 valence electrons. The Morgan fingerprint density at radius 3 is 2.18 bits per heavy atom. The van der Waals surface area contributed by atoms with E-state index in [2.05, 4.69) is 20.3 Å². The molecule has 2 heterocycles. The molecule has 1 N–H and O–H groups in total. The molecule has 0 saturated carbocycles. The highest BCUT2D eigenvalue weighted by atomic mass is 16.6. The topological polar surface area (TPSA) is 86.2 Å². The van der Waals surface area contributed by atoms with Crippen LogP contribution in [0.3, 0.4) is 0 Å². The van der Waals surface area contributed by atoms with Crippen LogP contribution in [-0.4, -0.2) is 33.7 Å². The smallest absolute Gasteiger partial charge is 0.414 e. The Hall–Kier alpha value is -2.70. The van der Waals surface area contributed by atoms with Gasteiger partial charge in [-0.1, -0.05) is 0 Å². The monoisotopic (exact) mass is 302 g/mol. The third kappa shape index (κ3) is 4.41. The summed E-state index contributed by atoms with van der Waals surface area (Å²) in [6.45, 7) is 5.61. The molecule has 22 heavy (non-hydrogen) atoms. The van der Waals surface area contributed by atoms with E-state index in [-0.39, 0.29) is 11.4 Å². The molecular formula is C15H18N4O3. The Balaban J connectivity index is 2.05. The molecule has 0 spiro atoms. The van der Waals surface area contributed by atoms with Crippen molar-refractivity contribution in [1.29, 1.82) is 0 Å². The van der Waals surface area contributed by atoms with Crippen LogP contribution in [0.4, 0.5) is 4.79 Å². The largest absolute Gasteiger partial charge is 0.467 e. The van der Waals surface area contributed by atoms with E-state index in [9.17, 15) is 4.79 Å². The average molecular weight is 302 g/mol. The van der Waals surface area contributed by atoms with Gasteiger partial charge in [-0.15, -0.1) is 0 Å². The van der Waals surface area contributed by atoms with Gasteiger partial charge >= 0.3 is 12.1 Å². The molecule has 0 aromatic carbocycles. The number of rotatable bonds is 3. The van der Waals surface area contributed by atoms with E-state index in [1.807, 2.05) is 20.8 Å². The number of carbonyl (C=O) groups excluding carboxylic acids is 1. The number of carbonyl (C=O) groups is 1. The van der Waals surface area contributed by atoms with E-state index in [4.69, 9.17) is 9.47 Å². The first-order valence-electron chi connectivity index (χ1n) is 6.70. The van der Waals surface area contributed by atoms with Crippen LogP contribution in [0.5, 0.6) is 11.9 Å². The van der Waals surface area contributed by atoms with Crippen LogP contribution < -0.4 is 14.8 Å². The zero-order valence-electron chi connectivity index (χ0n) is 13.0. The number of ether oxygens (including phenoxy) is 2. The summed E-state index contributed by atoms with van der Waals surface area (Å²) in [7, 11) is 1.51. The van der Waals surface area contributed by atoms with Crippen LogP contribution in [0.2, 0.25) is 0 Å². The lowest BCUT2D eigenvalue weighted by atomic mass is 10.1. The minimum atomic E-state index is -0.541. The van der Waals surface area contributed by atoms with Gasteiger partial charge in [0.2, 0.25) is 5.88 Å². The summed E-state index contributed by atoms with van der Waals surface area (Å²) < 4.78 is 10.0. The van der Waals surface area contributed by atoms with Crippen molar-refractivity contribution in [3.63, 3.8) is 0 Å². The van der Waals surface area contributed by atoms with Crippen molar-refractivity contribution in [3.05, 3.63) is 30.7 Å². The van der Waals surface area contributed by atoms with Gasteiger partial charge < -0.3 is 14.8 Å². The third-order valence-corrected chi connectivity index (χ3v) is 2.55. The van der Waals surface area contributed by atoms with Gasteiger partial charge in [-0.05, 0) is 26.8 Å². The van der Waals surface area contributed by atoms with Crippen LogP contribution >= 0.6 is 0 Å². The molecule has 0 aliphatic heterocycles. The molecule has 2 aromatic heterocycles. The number of nitrogens with zero attached hydrogens (tertiary/aromatic N) is 3. The zero-order chi connectivity index (χ0) is 16.2. The molecule has 1 amide bonds. The van der Waals surface area contributed by atoms with E-state index in [0.29, 0.717) is 6.01 Å². The quantitative estimate of drug-likeness (QED) is 0.937. The minimum Gasteiger partial charge on any atom is -0.467 e. The first-order chi connectivity index (χ1) is 10.4. The molecule has 0 unspecified atom stereocenters. The van der Waals surface area contributed by atoms with Crippen molar-refractivity contribution >= 4 is 6.09 Å². The minimum absolute atomic E-state index is 0.222. The summed E-state index contributed by atoms with van der Waals surface area (Å²) in [6.07, 6.45) is 4.32. The van der Waals surface area contributed by atoms with Gasteiger partial charge in [-0.3, -0.25) is 0 Å². The standard InChI is InChI=1S/C15H18N4O3/c1-15(2,3)19-14(20)22-12-6-5-10(7-16-12)11-8-17-13(21-4)18-9-11/h5-9H,1-4H3,(H,19,20). The van der Waals surface area contributed by atoms with Crippen LogP contribution in [0.15, 0.2) is 30.7 Å². The van der Waals surface area contributed by atoms with Crippen molar-refractivity contribution in [2.75, 3.05) is 7.11 Å². The van der Waals surface area contributed by atoms with Gasteiger partial charge in [-0.25, -0.2) is 19.7 Å². The fraction of sp³-hybridized carbons (Fsp3) is 0.333. The lowest BCUT2D eigenvalue weighted by Gasteiger charge is -2.19. The predicted molar refractivity (Wildman–Crippen MR) is 80.7 cm³/mol. The Labute approximate surface area is 128 Å². The predicted octanol–water partition coefficient (Wildman–Crippen LogP) is 2.43. The van der Waals surface area contributed by atoms with Gasteiger partial charge in [0.25, 0.3) is 0 Å². The average Bonchev–Trinajstić information content (AvgIpc) is 2.46. The highest BCUT2D eigenvalue weighted by Crippen LogP contribution is 2.19. The molecule has 0 aliphatic carbocycles. The number of pyridine rings is 1. The molecule has 0 bridgehead atoms. The van der Waals surface area contributed by atoms with E-state index in [1.165, 1.54) is 7.11 Å². The Morgan fingerprint density at radius 1 is 1.05 bits per heavy atom. The summed E-state index contributed by atoms with van der Waals surface area (Å²) >= 11 is 0. The molecular weight excluding hydrogens is 284 g/mol. The number of hydrogen-bond acceptors (Lipinski definition) is 6. The normalized spacial score (nSPS) is 10.9. The number of aromatic nitrogens is 3. The Kier molecular flexibility index (Phi) is 4.55. The summed E-state index contributed by atoms with van der Waals surface area (Å²) in [5.41, 5.74) is 1.24. The zero-order valence-corrected chi connectivity index (χ0v) is 13.0. The second-order valence-corrected chi connectivity index (χ2v) is 5.61. The van der Waals surface area contributed by atoms with Crippen LogP contribution in [0, 0.1) is 0 Å². The lowest BCUT2D eigenvalue weighted by molar-refractivity contribution is 0.189. The molecule has 0 radical (unpaired) electrons. The fourth-order valence-electron chi connectivity index (χ4n) is 1.61. The second-order valence-electron chi connectivity index (χ2n) is 5.61. The van der Waals surface area contributed by atoms with Crippen molar-refractivity contribution in [2.24, 2.45) is 0 Å². The molecule has 0 fully saturated rings. The molecule has 0 aliphatic rings. The van der Waals surface area contributed by atoms with Crippen LogP contribution in [0.1, 0.15) is 20.8 Å². The second kappa shape index (κ2) is 6.38. The summed E-state index contributed by atoms with van der Waals surface area (Å²) in [5.74, 6) is 0.222.